The van der Waals surface area contributed by atoms with Gasteiger partial charge in [0.1, 0.15) is 11.6 Å². The number of amides is 2. The molecule has 1 N–H and O–H groups in total. The SMILES string of the molecule is CCC1(C)NC(=O)C(c2ccccc2)N(C2(C)CC2)C1=O. The Morgan fingerprint density at radius 2 is 1.81 bits per heavy atom. The van der Waals surface area contributed by atoms with Gasteiger partial charge in [0.2, 0.25) is 11.8 Å². The number of piperazine rings is 1. The molecule has 2 aliphatic rings. The van der Waals surface area contributed by atoms with Crippen LogP contribution >= 0.6 is 0 Å². The smallest absolute Gasteiger partial charge is 0.249 e. The summed E-state index contributed by atoms with van der Waals surface area (Å²) in [6.45, 7) is 5.84. The van der Waals surface area contributed by atoms with Gasteiger partial charge in [-0.05, 0) is 38.7 Å². The molecule has 1 aliphatic heterocycles. The molecule has 0 aromatic heterocycles. The first-order chi connectivity index (χ1) is 9.91. The van der Waals surface area contributed by atoms with E-state index in [4.69, 9.17) is 0 Å². The van der Waals surface area contributed by atoms with E-state index in [0.717, 1.165) is 18.4 Å². The van der Waals surface area contributed by atoms with Crippen molar-refractivity contribution in [2.24, 2.45) is 0 Å². The Labute approximate surface area is 125 Å². The van der Waals surface area contributed by atoms with Crippen molar-refractivity contribution in [1.29, 1.82) is 0 Å². The van der Waals surface area contributed by atoms with Gasteiger partial charge in [-0.15, -0.1) is 0 Å². The Morgan fingerprint density at radius 3 is 2.33 bits per heavy atom. The van der Waals surface area contributed by atoms with Crippen LogP contribution < -0.4 is 5.32 Å². The molecule has 4 nitrogen and oxygen atoms in total. The molecule has 1 aromatic carbocycles. The summed E-state index contributed by atoms with van der Waals surface area (Å²) in [5.41, 5.74) is -0.0747. The molecule has 21 heavy (non-hydrogen) atoms. The van der Waals surface area contributed by atoms with Gasteiger partial charge in [-0.1, -0.05) is 37.3 Å². The van der Waals surface area contributed by atoms with Gasteiger partial charge in [0.25, 0.3) is 0 Å². The van der Waals surface area contributed by atoms with Crippen molar-refractivity contribution in [2.45, 2.75) is 57.2 Å². The first-order valence-corrected chi connectivity index (χ1v) is 7.62. The molecular weight excluding hydrogens is 264 g/mol. The Bertz CT molecular complexity index is 580. The van der Waals surface area contributed by atoms with E-state index in [1.807, 2.05) is 49.1 Å². The third-order valence-corrected chi connectivity index (χ3v) is 4.97. The molecule has 3 rings (SSSR count). The minimum atomic E-state index is -0.784. The number of benzene rings is 1. The molecule has 0 bridgehead atoms. The van der Waals surface area contributed by atoms with Crippen molar-refractivity contribution in [1.82, 2.24) is 10.2 Å². The number of hydrogen-bond donors (Lipinski definition) is 1. The number of carbonyl (C=O) groups excluding carboxylic acids is 2. The number of nitrogens with one attached hydrogen (secondary N) is 1. The second kappa shape index (κ2) is 4.58. The molecule has 1 saturated heterocycles. The van der Waals surface area contributed by atoms with Gasteiger partial charge in [-0.25, -0.2) is 0 Å². The molecule has 0 radical (unpaired) electrons. The van der Waals surface area contributed by atoms with Crippen LogP contribution in [0, 0.1) is 0 Å². The summed E-state index contributed by atoms with van der Waals surface area (Å²) in [5, 5.41) is 2.94. The summed E-state index contributed by atoms with van der Waals surface area (Å²) in [5.74, 6) is -0.0308. The lowest BCUT2D eigenvalue weighted by atomic mass is 9.88. The molecule has 1 heterocycles. The summed E-state index contributed by atoms with van der Waals surface area (Å²) < 4.78 is 0. The zero-order chi connectivity index (χ0) is 15.3. The van der Waals surface area contributed by atoms with Crippen molar-refractivity contribution in [2.75, 3.05) is 0 Å². The van der Waals surface area contributed by atoms with Gasteiger partial charge in [0, 0.05) is 5.54 Å². The Balaban J connectivity index is 2.06. The van der Waals surface area contributed by atoms with Crippen LogP contribution in [0.15, 0.2) is 30.3 Å². The summed E-state index contributed by atoms with van der Waals surface area (Å²) in [6.07, 6.45) is 2.54. The van der Waals surface area contributed by atoms with Gasteiger partial charge in [0.05, 0.1) is 0 Å². The van der Waals surface area contributed by atoms with Crippen molar-refractivity contribution < 1.29 is 9.59 Å². The molecular formula is C17H22N2O2. The molecule has 2 atom stereocenters. The lowest BCUT2D eigenvalue weighted by Gasteiger charge is -2.47. The predicted molar refractivity (Wildman–Crippen MR) is 80.5 cm³/mol. The van der Waals surface area contributed by atoms with Crippen molar-refractivity contribution in [3.05, 3.63) is 35.9 Å². The molecule has 1 aromatic rings. The Hall–Kier alpha value is -1.84. The van der Waals surface area contributed by atoms with Crippen LogP contribution in [0.3, 0.4) is 0 Å². The molecule has 4 heteroatoms. The highest BCUT2D eigenvalue weighted by Gasteiger charge is 2.57. The predicted octanol–water partition coefficient (Wildman–Crippen LogP) is 2.41. The average Bonchev–Trinajstić information content (AvgIpc) is 3.22. The summed E-state index contributed by atoms with van der Waals surface area (Å²) in [7, 11) is 0. The van der Waals surface area contributed by atoms with Crippen molar-refractivity contribution in [3.63, 3.8) is 0 Å². The minimum absolute atomic E-state index is 0.0402. The van der Waals surface area contributed by atoms with E-state index in [1.165, 1.54) is 0 Å². The maximum absolute atomic E-state index is 13.0. The summed E-state index contributed by atoms with van der Waals surface area (Å²) in [4.78, 5) is 27.5. The fraction of sp³-hybridized carbons (Fsp3) is 0.529. The van der Waals surface area contributed by atoms with E-state index >= 15 is 0 Å². The van der Waals surface area contributed by atoms with Crippen LogP contribution in [-0.4, -0.2) is 27.8 Å². The molecule has 2 unspecified atom stereocenters. The first-order valence-electron chi connectivity index (χ1n) is 7.62. The second-order valence-corrected chi connectivity index (χ2v) is 6.66. The highest BCUT2D eigenvalue weighted by Crippen LogP contribution is 2.48. The molecule has 112 valence electrons. The first kappa shape index (κ1) is 14.1. The van der Waals surface area contributed by atoms with Gasteiger partial charge in [-0.3, -0.25) is 9.59 Å². The number of hydrogen-bond acceptors (Lipinski definition) is 2. The number of nitrogens with zero attached hydrogens (tertiary/aromatic N) is 1. The zero-order valence-electron chi connectivity index (χ0n) is 12.8. The van der Waals surface area contributed by atoms with Gasteiger partial charge >= 0.3 is 0 Å². The minimum Gasteiger partial charge on any atom is -0.340 e. The molecule has 1 aliphatic carbocycles. The highest BCUT2D eigenvalue weighted by molar-refractivity contribution is 6.00. The molecule has 2 fully saturated rings. The van der Waals surface area contributed by atoms with Crippen LogP contribution in [-0.2, 0) is 9.59 Å². The normalized spacial score (nSPS) is 31.0. The summed E-state index contributed by atoms with van der Waals surface area (Å²) in [6, 6.07) is 9.08. The maximum Gasteiger partial charge on any atom is 0.249 e. The Morgan fingerprint density at radius 1 is 1.19 bits per heavy atom. The van der Waals surface area contributed by atoms with Crippen molar-refractivity contribution in [3.8, 4) is 0 Å². The fourth-order valence-corrected chi connectivity index (χ4v) is 3.05. The largest absolute Gasteiger partial charge is 0.340 e. The van der Waals surface area contributed by atoms with Gasteiger partial charge < -0.3 is 10.2 Å². The Kier molecular flexibility index (Phi) is 3.08. The van der Waals surface area contributed by atoms with E-state index in [2.05, 4.69) is 12.2 Å². The second-order valence-electron chi connectivity index (χ2n) is 6.66. The van der Waals surface area contributed by atoms with Gasteiger partial charge in [0.15, 0.2) is 0 Å². The third kappa shape index (κ3) is 2.13. The van der Waals surface area contributed by atoms with Crippen LogP contribution in [0.1, 0.15) is 51.6 Å². The quantitative estimate of drug-likeness (QED) is 0.927. The number of carbonyl (C=O) groups is 2. The zero-order valence-corrected chi connectivity index (χ0v) is 12.8. The van der Waals surface area contributed by atoms with Crippen LogP contribution in [0.2, 0.25) is 0 Å². The lowest BCUT2D eigenvalue weighted by Crippen LogP contribution is -2.68. The van der Waals surface area contributed by atoms with Crippen LogP contribution in [0.25, 0.3) is 0 Å². The van der Waals surface area contributed by atoms with E-state index < -0.39 is 11.6 Å². The van der Waals surface area contributed by atoms with E-state index in [9.17, 15) is 9.59 Å². The standard InChI is InChI=1S/C17H22N2O2/c1-4-17(3)15(21)19(16(2)10-11-16)13(14(20)18-17)12-8-6-5-7-9-12/h5-9,13H,4,10-11H2,1-3H3,(H,18,20). The van der Waals surface area contributed by atoms with Crippen molar-refractivity contribution >= 4 is 11.8 Å². The molecule has 0 spiro atoms. The van der Waals surface area contributed by atoms with E-state index in [0.29, 0.717) is 6.42 Å². The fourth-order valence-electron chi connectivity index (χ4n) is 3.05. The highest BCUT2D eigenvalue weighted by atomic mass is 16.2. The lowest BCUT2D eigenvalue weighted by molar-refractivity contribution is -0.158. The van der Waals surface area contributed by atoms with Gasteiger partial charge in [-0.2, -0.15) is 0 Å². The molecule has 2 amide bonds. The summed E-state index contributed by atoms with van der Waals surface area (Å²) >= 11 is 0. The van der Waals surface area contributed by atoms with Crippen LogP contribution in [0.4, 0.5) is 0 Å². The topological polar surface area (TPSA) is 49.4 Å². The van der Waals surface area contributed by atoms with E-state index in [1.54, 1.807) is 0 Å². The monoisotopic (exact) mass is 286 g/mol. The maximum atomic E-state index is 13.0. The third-order valence-electron chi connectivity index (χ3n) is 4.97. The number of rotatable bonds is 3. The van der Waals surface area contributed by atoms with Crippen LogP contribution in [0.5, 0.6) is 0 Å². The molecule has 1 saturated carbocycles. The average molecular weight is 286 g/mol. The van der Waals surface area contributed by atoms with E-state index in [-0.39, 0.29) is 17.4 Å².